The molecule has 28 heavy (non-hydrogen) atoms. The van der Waals surface area contributed by atoms with Gasteiger partial charge < -0.3 is 0 Å². The van der Waals surface area contributed by atoms with Gasteiger partial charge in [0.2, 0.25) is 26.2 Å². The zero-order chi connectivity index (χ0) is 19.0. The number of aromatic nitrogens is 4. The van der Waals surface area contributed by atoms with Gasteiger partial charge in [-0.05, 0) is 11.1 Å². The van der Waals surface area contributed by atoms with Gasteiger partial charge in [0.05, 0.1) is 0 Å². The Kier molecular flexibility index (Phi) is 5.78. The third kappa shape index (κ3) is 4.86. The number of hydrogen-bond acceptors (Lipinski definition) is 0. The van der Waals surface area contributed by atoms with Crippen LogP contribution in [0.5, 0.6) is 0 Å². The summed E-state index contributed by atoms with van der Waals surface area (Å²) in [4.78, 5) is 0. The molecule has 4 heteroatoms. The second-order valence-corrected chi connectivity index (χ2v) is 6.88. The molecule has 0 aliphatic rings. The van der Waals surface area contributed by atoms with E-state index in [1.807, 2.05) is 12.1 Å². The molecule has 0 N–H and O–H groups in total. The first kappa shape index (κ1) is 18.0. The molecule has 0 aliphatic heterocycles. The maximum atomic E-state index is 2.23. The first-order valence-electron chi connectivity index (χ1n) is 9.74. The van der Waals surface area contributed by atoms with Crippen LogP contribution in [0, 0.1) is 0 Å². The van der Waals surface area contributed by atoms with Crippen LogP contribution in [0.4, 0.5) is 0 Å². The van der Waals surface area contributed by atoms with Crippen LogP contribution in [-0.2, 0) is 26.2 Å². The fourth-order valence-corrected chi connectivity index (χ4v) is 3.23. The molecule has 0 aromatic carbocycles. The fraction of sp³-hybridized carbons (Fsp3) is 0.167. The lowest BCUT2D eigenvalue weighted by molar-refractivity contribution is -0.778. The summed E-state index contributed by atoms with van der Waals surface area (Å²) >= 11 is 0. The van der Waals surface area contributed by atoms with Crippen LogP contribution < -0.4 is 18.3 Å². The van der Waals surface area contributed by atoms with Crippen LogP contribution >= 0.6 is 0 Å². The highest BCUT2D eigenvalue weighted by Crippen LogP contribution is 2.15. The molecule has 4 aromatic heterocycles. The van der Waals surface area contributed by atoms with E-state index >= 15 is 0 Å². The van der Waals surface area contributed by atoms with Crippen molar-refractivity contribution in [2.45, 2.75) is 26.2 Å². The van der Waals surface area contributed by atoms with Crippen LogP contribution in [0.3, 0.4) is 0 Å². The maximum absolute atomic E-state index is 2.23. The average Bonchev–Trinajstić information content (AvgIpc) is 2.78. The summed E-state index contributed by atoms with van der Waals surface area (Å²) in [6.45, 7) is 3.85. The van der Waals surface area contributed by atoms with Gasteiger partial charge in [-0.1, -0.05) is 12.1 Å². The van der Waals surface area contributed by atoms with Crippen LogP contribution in [-0.4, -0.2) is 0 Å². The van der Waals surface area contributed by atoms with Crippen LogP contribution in [0.1, 0.15) is 0 Å². The normalized spacial score (nSPS) is 10.7. The largest absolute Gasteiger partial charge is 0.206 e. The number of hydrogen-bond donors (Lipinski definition) is 0. The molecule has 0 bridgehead atoms. The predicted molar refractivity (Wildman–Crippen MR) is 106 cm³/mol. The van der Waals surface area contributed by atoms with Crippen molar-refractivity contribution in [3.63, 3.8) is 0 Å². The zero-order valence-electron chi connectivity index (χ0n) is 16.0. The second kappa shape index (κ2) is 9.00. The van der Waals surface area contributed by atoms with E-state index < -0.39 is 0 Å². The zero-order valence-corrected chi connectivity index (χ0v) is 16.0. The van der Waals surface area contributed by atoms with Crippen molar-refractivity contribution in [3.05, 3.63) is 110 Å². The Morgan fingerprint density at radius 2 is 0.643 bits per heavy atom. The monoisotopic (exact) mass is 370 g/mol. The first-order valence-corrected chi connectivity index (χ1v) is 9.74. The minimum Gasteiger partial charge on any atom is -0.198 e. The quantitative estimate of drug-likeness (QED) is 0.442. The SMILES string of the molecule is c1cc[n+](CC[n+]2ccc(-c3cc[n+](CC[n+]4ccccc4)cc3)cc2)cc1. The van der Waals surface area contributed by atoms with Crippen molar-refractivity contribution in [1.82, 2.24) is 0 Å². The van der Waals surface area contributed by atoms with Crippen LogP contribution in [0.25, 0.3) is 11.1 Å². The van der Waals surface area contributed by atoms with Gasteiger partial charge in [0, 0.05) is 48.5 Å². The Hall–Kier alpha value is -3.40. The molecule has 0 unspecified atom stereocenters. The summed E-state index contributed by atoms with van der Waals surface area (Å²) in [6, 6.07) is 21.1. The van der Waals surface area contributed by atoms with Gasteiger partial charge in [0.25, 0.3) is 0 Å². The van der Waals surface area contributed by atoms with E-state index in [2.05, 4.69) is 116 Å². The molecular weight excluding hydrogens is 344 g/mol. The summed E-state index contributed by atoms with van der Waals surface area (Å²) < 4.78 is 8.85. The highest BCUT2D eigenvalue weighted by atomic mass is 15.0. The van der Waals surface area contributed by atoms with Crippen LogP contribution in [0.15, 0.2) is 110 Å². The Balaban J connectivity index is 1.34. The Bertz CT molecular complexity index is 897. The van der Waals surface area contributed by atoms with E-state index in [-0.39, 0.29) is 0 Å². The molecular formula is C24H26N4+4. The maximum Gasteiger partial charge on any atom is 0.206 e. The standard InChI is InChI=1S/C24H26N4/c1-3-11-25(12-4-1)19-21-27-15-7-23(8-16-27)24-9-17-28(18-10-24)22-20-26-13-5-2-6-14-26/h1-18H,19-22H2/q+4. The molecule has 4 aromatic rings. The summed E-state index contributed by atoms with van der Waals surface area (Å²) in [6.07, 6.45) is 17.0. The van der Waals surface area contributed by atoms with Crippen molar-refractivity contribution >= 4 is 0 Å². The van der Waals surface area contributed by atoms with Gasteiger partial charge in [-0.25, -0.2) is 0 Å². The third-order valence-electron chi connectivity index (χ3n) is 4.90. The number of pyridine rings is 4. The molecule has 0 fully saturated rings. The van der Waals surface area contributed by atoms with Crippen molar-refractivity contribution in [1.29, 1.82) is 0 Å². The lowest BCUT2D eigenvalue weighted by atomic mass is 10.1. The predicted octanol–water partition coefficient (Wildman–Crippen LogP) is 1.90. The molecule has 0 radical (unpaired) electrons. The summed E-state index contributed by atoms with van der Waals surface area (Å²) in [5.41, 5.74) is 2.49. The molecule has 4 nitrogen and oxygen atoms in total. The minimum absolute atomic E-state index is 0.959. The Morgan fingerprint density at radius 1 is 0.357 bits per heavy atom. The van der Waals surface area contributed by atoms with E-state index in [0.29, 0.717) is 0 Å². The lowest BCUT2D eigenvalue weighted by Gasteiger charge is -2.01. The summed E-state index contributed by atoms with van der Waals surface area (Å²) in [5.74, 6) is 0. The summed E-state index contributed by atoms with van der Waals surface area (Å²) in [5, 5.41) is 0. The Morgan fingerprint density at radius 3 is 0.964 bits per heavy atom. The van der Waals surface area contributed by atoms with Crippen LogP contribution in [0.2, 0.25) is 0 Å². The number of rotatable bonds is 7. The van der Waals surface area contributed by atoms with E-state index in [4.69, 9.17) is 0 Å². The second-order valence-electron chi connectivity index (χ2n) is 6.88. The lowest BCUT2D eigenvalue weighted by Crippen LogP contribution is -2.43. The van der Waals surface area contributed by atoms with Crippen molar-refractivity contribution in [3.8, 4) is 11.1 Å². The number of nitrogens with zero attached hydrogens (tertiary/aromatic N) is 4. The molecule has 0 saturated carbocycles. The first-order chi connectivity index (χ1) is 13.9. The molecule has 0 aliphatic carbocycles. The fourth-order valence-electron chi connectivity index (χ4n) is 3.23. The number of aryl methyl sites for hydroxylation is 4. The summed E-state index contributed by atoms with van der Waals surface area (Å²) in [7, 11) is 0. The molecule has 4 heterocycles. The van der Waals surface area contributed by atoms with Gasteiger partial charge in [-0.3, -0.25) is 0 Å². The van der Waals surface area contributed by atoms with Crippen molar-refractivity contribution < 1.29 is 18.3 Å². The highest BCUT2D eigenvalue weighted by molar-refractivity contribution is 5.60. The van der Waals surface area contributed by atoms with E-state index in [0.717, 1.165) is 26.2 Å². The van der Waals surface area contributed by atoms with Gasteiger partial charge in [-0.15, -0.1) is 0 Å². The molecule has 4 rings (SSSR count). The third-order valence-corrected chi connectivity index (χ3v) is 4.90. The highest BCUT2D eigenvalue weighted by Gasteiger charge is 2.09. The molecule has 0 atom stereocenters. The molecule has 0 amide bonds. The van der Waals surface area contributed by atoms with Gasteiger partial charge >= 0.3 is 0 Å². The average molecular weight is 370 g/mol. The van der Waals surface area contributed by atoms with E-state index in [9.17, 15) is 0 Å². The van der Waals surface area contributed by atoms with Crippen molar-refractivity contribution in [2.24, 2.45) is 0 Å². The molecule has 0 spiro atoms. The van der Waals surface area contributed by atoms with Crippen molar-refractivity contribution in [2.75, 3.05) is 0 Å². The topological polar surface area (TPSA) is 15.5 Å². The van der Waals surface area contributed by atoms with E-state index in [1.54, 1.807) is 0 Å². The minimum atomic E-state index is 0.959. The molecule has 0 saturated heterocycles. The Labute approximate surface area is 166 Å². The van der Waals surface area contributed by atoms with Gasteiger partial charge in [0.15, 0.2) is 49.6 Å². The smallest absolute Gasteiger partial charge is 0.198 e. The van der Waals surface area contributed by atoms with Gasteiger partial charge in [0.1, 0.15) is 0 Å². The molecule has 138 valence electrons. The van der Waals surface area contributed by atoms with Gasteiger partial charge in [-0.2, -0.15) is 18.3 Å². The van der Waals surface area contributed by atoms with E-state index in [1.165, 1.54) is 11.1 Å².